The topological polar surface area (TPSA) is 109 Å². The van der Waals surface area contributed by atoms with Crippen LogP contribution < -0.4 is 0 Å². The summed E-state index contributed by atoms with van der Waals surface area (Å²) < 4.78 is 0.308. The van der Waals surface area contributed by atoms with Crippen molar-refractivity contribution in [1.29, 1.82) is 0 Å². The average Bonchev–Trinajstić information content (AvgIpc) is 2.28. The molecule has 16 heavy (non-hydrogen) atoms. The van der Waals surface area contributed by atoms with Gasteiger partial charge in [-0.25, -0.2) is 0 Å². The van der Waals surface area contributed by atoms with Crippen LogP contribution >= 0.6 is 15.9 Å². The Bertz CT molecular complexity index is 420. The first-order chi connectivity index (χ1) is 7.57. The summed E-state index contributed by atoms with van der Waals surface area (Å²) in [5, 5.41) is 31.8. The molecule has 86 valence electrons. The number of halogens is 1. The summed E-state index contributed by atoms with van der Waals surface area (Å²) in [6, 6.07) is 4.53. The molecule has 0 spiro atoms. The molecule has 6 nitrogen and oxygen atoms in total. The number of hydrogen-bond acceptors (Lipinski definition) is 4. The highest BCUT2D eigenvalue weighted by molar-refractivity contribution is 9.10. The molecule has 0 aliphatic rings. The molecular weight excluding hydrogens is 278 g/mol. The second-order valence-electron chi connectivity index (χ2n) is 3.11. The lowest BCUT2D eigenvalue weighted by Crippen LogP contribution is -2.21. The van der Waals surface area contributed by atoms with Crippen LogP contribution in [0.3, 0.4) is 0 Å². The van der Waals surface area contributed by atoms with E-state index in [4.69, 9.17) is 5.53 Å². The second-order valence-corrected chi connectivity index (χ2v) is 3.90. The number of aromatic hydroxyl groups is 1. The number of benzene rings is 1. The predicted octanol–water partition coefficient (Wildman–Crippen LogP) is 1.86. The summed E-state index contributed by atoms with van der Waals surface area (Å²) in [4.78, 5) is 2.48. The van der Waals surface area contributed by atoms with Crippen LogP contribution in [0.25, 0.3) is 10.4 Å². The molecule has 7 heteroatoms. The van der Waals surface area contributed by atoms with Crippen molar-refractivity contribution in [2.45, 2.75) is 12.2 Å². The maximum absolute atomic E-state index is 9.75. The van der Waals surface area contributed by atoms with Gasteiger partial charge in [0.05, 0.1) is 17.1 Å². The Hall–Kier alpha value is -1.27. The lowest BCUT2D eigenvalue weighted by Gasteiger charge is -2.17. The van der Waals surface area contributed by atoms with E-state index in [1.54, 1.807) is 12.1 Å². The van der Waals surface area contributed by atoms with Crippen molar-refractivity contribution in [3.63, 3.8) is 0 Å². The Morgan fingerprint density at radius 3 is 2.75 bits per heavy atom. The molecule has 0 bridgehead atoms. The minimum Gasteiger partial charge on any atom is -0.507 e. The van der Waals surface area contributed by atoms with Crippen molar-refractivity contribution >= 4 is 15.9 Å². The molecule has 0 aliphatic carbocycles. The monoisotopic (exact) mass is 287 g/mol. The van der Waals surface area contributed by atoms with Gasteiger partial charge in [0.1, 0.15) is 11.9 Å². The molecular formula is C9H10BrN3O3. The van der Waals surface area contributed by atoms with Gasteiger partial charge < -0.3 is 15.3 Å². The second kappa shape index (κ2) is 5.72. The minimum absolute atomic E-state index is 0.0347. The van der Waals surface area contributed by atoms with Gasteiger partial charge in [-0.1, -0.05) is 17.2 Å². The van der Waals surface area contributed by atoms with Crippen LogP contribution in [-0.2, 0) is 0 Å². The van der Waals surface area contributed by atoms with Crippen LogP contribution in [0.2, 0.25) is 0 Å². The molecule has 0 heterocycles. The van der Waals surface area contributed by atoms with Gasteiger partial charge >= 0.3 is 0 Å². The van der Waals surface area contributed by atoms with E-state index in [-0.39, 0.29) is 12.3 Å². The fourth-order valence-electron chi connectivity index (χ4n) is 1.19. The van der Waals surface area contributed by atoms with Crippen molar-refractivity contribution in [3.05, 3.63) is 38.7 Å². The van der Waals surface area contributed by atoms with Crippen LogP contribution in [0.4, 0.5) is 0 Å². The summed E-state index contributed by atoms with van der Waals surface area (Å²) in [5.74, 6) is -0.0347. The van der Waals surface area contributed by atoms with Gasteiger partial charge in [0, 0.05) is 10.5 Å². The van der Waals surface area contributed by atoms with E-state index in [1.807, 2.05) is 0 Å². The molecule has 1 rings (SSSR count). The molecule has 2 unspecified atom stereocenters. The van der Waals surface area contributed by atoms with Crippen LogP contribution in [0, 0.1) is 0 Å². The lowest BCUT2D eigenvalue weighted by molar-refractivity contribution is 0.0238. The summed E-state index contributed by atoms with van der Waals surface area (Å²) >= 11 is 3.09. The number of phenolic OH excluding ortho intramolecular Hbond substituents is 1. The zero-order chi connectivity index (χ0) is 12.1. The van der Waals surface area contributed by atoms with Gasteiger partial charge in [0.25, 0.3) is 0 Å². The Morgan fingerprint density at radius 1 is 1.44 bits per heavy atom. The van der Waals surface area contributed by atoms with Crippen LogP contribution in [-0.4, -0.2) is 28.0 Å². The SMILES string of the molecule is [N-]=[N+]=NCC(O)C(O)c1cccc(O)c1Br. The first-order valence-electron chi connectivity index (χ1n) is 4.42. The zero-order valence-corrected chi connectivity index (χ0v) is 9.74. The van der Waals surface area contributed by atoms with E-state index in [0.29, 0.717) is 10.0 Å². The molecule has 0 aromatic heterocycles. The van der Waals surface area contributed by atoms with E-state index in [9.17, 15) is 15.3 Å². The number of phenols is 1. The molecule has 1 aromatic rings. The predicted molar refractivity (Wildman–Crippen MR) is 60.8 cm³/mol. The van der Waals surface area contributed by atoms with Crippen molar-refractivity contribution in [2.24, 2.45) is 5.11 Å². The smallest absolute Gasteiger partial charge is 0.130 e. The summed E-state index contributed by atoms with van der Waals surface area (Å²) in [7, 11) is 0. The Labute approximate surface area is 99.9 Å². The fourth-order valence-corrected chi connectivity index (χ4v) is 1.69. The summed E-state index contributed by atoms with van der Waals surface area (Å²) in [6.45, 7) is -0.236. The number of azide groups is 1. The van der Waals surface area contributed by atoms with Crippen molar-refractivity contribution in [2.75, 3.05) is 6.54 Å². The van der Waals surface area contributed by atoms with Crippen LogP contribution in [0.1, 0.15) is 11.7 Å². The van der Waals surface area contributed by atoms with Gasteiger partial charge in [-0.15, -0.1) is 0 Å². The first-order valence-corrected chi connectivity index (χ1v) is 5.21. The van der Waals surface area contributed by atoms with Gasteiger partial charge in [0.2, 0.25) is 0 Å². The molecule has 0 radical (unpaired) electrons. The van der Waals surface area contributed by atoms with Gasteiger partial charge in [0.15, 0.2) is 0 Å². The number of aliphatic hydroxyl groups excluding tert-OH is 2. The largest absolute Gasteiger partial charge is 0.507 e. The third-order valence-corrected chi connectivity index (χ3v) is 2.89. The van der Waals surface area contributed by atoms with Gasteiger partial charge in [-0.05, 0) is 27.5 Å². The van der Waals surface area contributed by atoms with Crippen molar-refractivity contribution < 1.29 is 15.3 Å². The maximum atomic E-state index is 9.75. The molecule has 0 saturated heterocycles. The highest BCUT2D eigenvalue weighted by Gasteiger charge is 2.20. The molecule has 0 aliphatic heterocycles. The Kier molecular flexibility index (Phi) is 4.57. The zero-order valence-electron chi connectivity index (χ0n) is 8.16. The van der Waals surface area contributed by atoms with E-state index < -0.39 is 12.2 Å². The third-order valence-electron chi connectivity index (χ3n) is 2.02. The van der Waals surface area contributed by atoms with E-state index in [1.165, 1.54) is 6.07 Å². The molecule has 1 aromatic carbocycles. The standard InChI is InChI=1S/C9H10BrN3O3/c10-8-5(2-1-3-6(8)14)9(16)7(15)4-12-13-11/h1-3,7,9,14-16H,4H2. The van der Waals surface area contributed by atoms with E-state index in [0.717, 1.165) is 0 Å². The molecule has 3 N–H and O–H groups in total. The first kappa shape index (κ1) is 12.8. The number of nitrogens with zero attached hydrogens (tertiary/aromatic N) is 3. The van der Waals surface area contributed by atoms with Crippen LogP contribution in [0.5, 0.6) is 5.75 Å². The number of aliphatic hydroxyl groups is 2. The minimum atomic E-state index is -1.23. The van der Waals surface area contributed by atoms with E-state index >= 15 is 0 Å². The fraction of sp³-hybridized carbons (Fsp3) is 0.333. The molecule has 0 fully saturated rings. The average molecular weight is 288 g/mol. The number of hydrogen-bond donors (Lipinski definition) is 3. The number of rotatable bonds is 4. The summed E-state index contributed by atoms with van der Waals surface area (Å²) in [5.41, 5.74) is 8.42. The Morgan fingerprint density at radius 2 is 2.12 bits per heavy atom. The van der Waals surface area contributed by atoms with Crippen LogP contribution in [0.15, 0.2) is 27.8 Å². The highest BCUT2D eigenvalue weighted by atomic mass is 79.9. The highest BCUT2D eigenvalue weighted by Crippen LogP contribution is 2.32. The molecule has 0 saturated carbocycles. The molecule has 2 atom stereocenters. The van der Waals surface area contributed by atoms with Crippen molar-refractivity contribution in [1.82, 2.24) is 0 Å². The quantitative estimate of drug-likeness (QED) is 0.447. The molecule has 0 amide bonds. The lowest BCUT2D eigenvalue weighted by atomic mass is 10.0. The normalized spacial score (nSPS) is 13.9. The van der Waals surface area contributed by atoms with Crippen molar-refractivity contribution in [3.8, 4) is 5.75 Å². The Balaban J connectivity index is 2.91. The third kappa shape index (κ3) is 2.86. The van der Waals surface area contributed by atoms with Gasteiger partial charge in [-0.3, -0.25) is 0 Å². The van der Waals surface area contributed by atoms with E-state index in [2.05, 4.69) is 26.0 Å². The summed E-state index contributed by atoms with van der Waals surface area (Å²) in [6.07, 6.45) is -2.44. The maximum Gasteiger partial charge on any atom is 0.130 e. The van der Waals surface area contributed by atoms with Gasteiger partial charge in [-0.2, -0.15) is 0 Å².